The van der Waals surface area contributed by atoms with Crippen LogP contribution in [0.2, 0.25) is 0 Å². The van der Waals surface area contributed by atoms with E-state index in [1.165, 1.54) is 0 Å². The van der Waals surface area contributed by atoms with Gasteiger partial charge in [-0.1, -0.05) is 0 Å². The lowest BCUT2D eigenvalue weighted by Crippen LogP contribution is -2.18. The van der Waals surface area contributed by atoms with Gasteiger partial charge in [-0.15, -0.1) is 0 Å². The number of nitrogens with zero attached hydrogens (tertiary/aromatic N) is 1. The Morgan fingerprint density at radius 2 is 2.38 bits per heavy atom. The van der Waals surface area contributed by atoms with Gasteiger partial charge in [-0.05, 0) is 20.8 Å². The summed E-state index contributed by atoms with van der Waals surface area (Å²) in [5, 5.41) is 8.95. The number of aromatic amines is 1. The van der Waals surface area contributed by atoms with E-state index in [-0.39, 0.29) is 6.10 Å². The van der Waals surface area contributed by atoms with Gasteiger partial charge in [0, 0.05) is 5.56 Å². The summed E-state index contributed by atoms with van der Waals surface area (Å²) >= 11 is 0. The van der Waals surface area contributed by atoms with Crippen LogP contribution >= 0.6 is 0 Å². The zero-order valence-electron chi connectivity index (χ0n) is 7.92. The predicted molar refractivity (Wildman–Crippen MR) is 48.6 cm³/mol. The third kappa shape index (κ3) is 2.77. The van der Waals surface area contributed by atoms with Gasteiger partial charge in [-0.3, -0.25) is 10.4 Å². The lowest BCUT2D eigenvalue weighted by Gasteiger charge is -2.08. The van der Waals surface area contributed by atoms with Gasteiger partial charge in [-0.2, -0.15) is 5.10 Å². The molecule has 0 spiro atoms. The van der Waals surface area contributed by atoms with Crippen molar-refractivity contribution in [3.8, 4) is 0 Å². The number of rotatable bonds is 2. The summed E-state index contributed by atoms with van der Waals surface area (Å²) in [7, 11) is 0. The molecule has 0 aromatic carbocycles. The minimum absolute atomic E-state index is 0.122. The number of aryl methyl sites for hydroxylation is 1. The number of nitrogens with one attached hydrogen (secondary N) is 2. The fourth-order valence-electron chi connectivity index (χ4n) is 0.819. The molecule has 0 unspecified atom stereocenters. The van der Waals surface area contributed by atoms with Gasteiger partial charge < -0.3 is 4.74 Å². The zero-order valence-corrected chi connectivity index (χ0v) is 7.92. The highest BCUT2D eigenvalue weighted by Crippen LogP contribution is 2.08. The van der Waals surface area contributed by atoms with E-state index < -0.39 is 6.09 Å². The molecule has 5 nitrogen and oxygen atoms in total. The number of ether oxygens (including phenoxy) is 1. The molecule has 0 atom stereocenters. The fraction of sp³-hybridized carbons (Fsp3) is 0.500. The van der Waals surface area contributed by atoms with E-state index in [4.69, 9.17) is 4.74 Å². The average molecular weight is 183 g/mol. The van der Waals surface area contributed by atoms with E-state index in [2.05, 4.69) is 15.5 Å². The fourth-order valence-corrected chi connectivity index (χ4v) is 0.819. The summed E-state index contributed by atoms with van der Waals surface area (Å²) in [6, 6.07) is 0. The van der Waals surface area contributed by atoms with E-state index in [1.54, 1.807) is 20.0 Å². The Balaban J connectivity index is 2.50. The zero-order chi connectivity index (χ0) is 9.84. The van der Waals surface area contributed by atoms with E-state index >= 15 is 0 Å². The first-order valence-electron chi connectivity index (χ1n) is 4.07. The normalized spacial score (nSPS) is 10.2. The lowest BCUT2D eigenvalue weighted by atomic mass is 10.4. The number of anilines is 1. The smallest absolute Gasteiger partial charge is 0.413 e. The molecule has 0 aliphatic heterocycles. The lowest BCUT2D eigenvalue weighted by molar-refractivity contribution is 0.130. The molecule has 1 amide bonds. The molecule has 2 N–H and O–H groups in total. The number of hydrogen-bond acceptors (Lipinski definition) is 3. The quantitative estimate of drug-likeness (QED) is 0.732. The number of aromatic nitrogens is 2. The molecule has 0 saturated carbocycles. The minimum Gasteiger partial charge on any atom is -0.447 e. The Morgan fingerprint density at radius 1 is 1.69 bits per heavy atom. The molecule has 0 aliphatic rings. The summed E-state index contributed by atoms with van der Waals surface area (Å²) in [5.41, 5.74) is 0.876. The Bertz CT molecular complexity index is 293. The predicted octanol–water partition coefficient (Wildman–Crippen LogP) is 1.68. The van der Waals surface area contributed by atoms with Gasteiger partial charge in [0.1, 0.15) is 5.82 Å². The Kier molecular flexibility index (Phi) is 2.89. The molecular weight excluding hydrogens is 170 g/mol. The highest BCUT2D eigenvalue weighted by Gasteiger charge is 2.07. The van der Waals surface area contributed by atoms with Crippen LogP contribution in [0.25, 0.3) is 0 Å². The maximum atomic E-state index is 11.1. The molecule has 0 bridgehead atoms. The first-order chi connectivity index (χ1) is 6.09. The summed E-state index contributed by atoms with van der Waals surface area (Å²) in [5.74, 6) is 0.575. The van der Waals surface area contributed by atoms with Crippen molar-refractivity contribution in [2.45, 2.75) is 26.9 Å². The summed E-state index contributed by atoms with van der Waals surface area (Å²) in [6.45, 7) is 5.42. The number of amides is 1. The third-order valence-electron chi connectivity index (χ3n) is 1.40. The standard InChI is InChI=1S/C8H13N3O2/c1-5(2)13-8(12)10-7-6(3)4-9-11-7/h4-5H,1-3H3,(H2,9,10,11,12). The molecule has 0 saturated heterocycles. The van der Waals surface area contributed by atoms with Gasteiger partial charge >= 0.3 is 6.09 Å². The molecule has 0 radical (unpaired) electrons. The monoisotopic (exact) mass is 183 g/mol. The number of carbonyl (C=O) groups excluding carboxylic acids is 1. The van der Waals surface area contributed by atoms with Crippen molar-refractivity contribution in [3.63, 3.8) is 0 Å². The number of carbonyl (C=O) groups is 1. The highest BCUT2D eigenvalue weighted by atomic mass is 16.6. The van der Waals surface area contributed by atoms with Crippen molar-refractivity contribution in [2.75, 3.05) is 5.32 Å². The largest absolute Gasteiger partial charge is 0.447 e. The molecule has 0 aliphatic carbocycles. The molecular formula is C8H13N3O2. The Morgan fingerprint density at radius 3 is 2.85 bits per heavy atom. The van der Waals surface area contributed by atoms with Crippen LogP contribution in [0.5, 0.6) is 0 Å². The van der Waals surface area contributed by atoms with Crippen LogP contribution in [-0.4, -0.2) is 22.4 Å². The number of hydrogen-bond donors (Lipinski definition) is 2. The van der Waals surface area contributed by atoms with Crippen molar-refractivity contribution >= 4 is 11.9 Å². The van der Waals surface area contributed by atoms with Crippen LogP contribution < -0.4 is 5.32 Å². The van der Waals surface area contributed by atoms with Crippen molar-refractivity contribution in [2.24, 2.45) is 0 Å². The molecule has 1 heterocycles. The molecule has 5 heteroatoms. The summed E-state index contributed by atoms with van der Waals surface area (Å²) < 4.78 is 4.88. The minimum atomic E-state index is -0.470. The van der Waals surface area contributed by atoms with E-state index in [1.807, 2.05) is 6.92 Å². The summed E-state index contributed by atoms with van der Waals surface area (Å²) in [4.78, 5) is 11.1. The average Bonchev–Trinajstić information content (AvgIpc) is 2.34. The molecule has 1 aromatic heterocycles. The van der Waals surface area contributed by atoms with Crippen LogP contribution in [0.4, 0.5) is 10.6 Å². The van der Waals surface area contributed by atoms with Crippen molar-refractivity contribution in [1.82, 2.24) is 10.2 Å². The van der Waals surface area contributed by atoms with Gasteiger partial charge in [0.15, 0.2) is 0 Å². The van der Waals surface area contributed by atoms with E-state index in [9.17, 15) is 4.79 Å². The van der Waals surface area contributed by atoms with Crippen molar-refractivity contribution < 1.29 is 9.53 Å². The Labute approximate surface area is 76.5 Å². The molecule has 1 rings (SSSR count). The van der Waals surface area contributed by atoms with E-state index in [0.29, 0.717) is 5.82 Å². The van der Waals surface area contributed by atoms with Crippen LogP contribution in [0, 0.1) is 6.92 Å². The first-order valence-corrected chi connectivity index (χ1v) is 4.07. The highest BCUT2D eigenvalue weighted by molar-refractivity contribution is 5.84. The van der Waals surface area contributed by atoms with Crippen LogP contribution in [0.15, 0.2) is 6.20 Å². The van der Waals surface area contributed by atoms with Crippen LogP contribution in [0.3, 0.4) is 0 Å². The topological polar surface area (TPSA) is 67.0 Å². The van der Waals surface area contributed by atoms with E-state index in [0.717, 1.165) is 5.56 Å². The maximum Gasteiger partial charge on any atom is 0.413 e. The summed E-state index contributed by atoms with van der Waals surface area (Å²) in [6.07, 6.45) is 1.04. The molecule has 72 valence electrons. The maximum absolute atomic E-state index is 11.1. The van der Waals surface area contributed by atoms with Crippen molar-refractivity contribution in [3.05, 3.63) is 11.8 Å². The SMILES string of the molecule is Cc1cn[nH]c1NC(=O)OC(C)C. The second-order valence-electron chi connectivity index (χ2n) is 3.01. The van der Waals surface area contributed by atoms with Crippen molar-refractivity contribution in [1.29, 1.82) is 0 Å². The first kappa shape index (κ1) is 9.57. The molecule has 1 aromatic rings. The molecule has 0 fully saturated rings. The van der Waals surface area contributed by atoms with Gasteiger partial charge in [0.2, 0.25) is 0 Å². The second-order valence-corrected chi connectivity index (χ2v) is 3.01. The van der Waals surface area contributed by atoms with Crippen LogP contribution in [-0.2, 0) is 4.74 Å². The third-order valence-corrected chi connectivity index (χ3v) is 1.40. The van der Waals surface area contributed by atoms with Gasteiger partial charge in [0.25, 0.3) is 0 Å². The second kappa shape index (κ2) is 3.93. The van der Waals surface area contributed by atoms with Crippen LogP contribution in [0.1, 0.15) is 19.4 Å². The van der Waals surface area contributed by atoms with Gasteiger partial charge in [-0.25, -0.2) is 4.79 Å². The Hall–Kier alpha value is -1.52. The number of H-pyrrole nitrogens is 1. The molecule has 13 heavy (non-hydrogen) atoms. The van der Waals surface area contributed by atoms with Gasteiger partial charge in [0.05, 0.1) is 12.3 Å².